The number of primary amides is 1. The molecule has 2 unspecified atom stereocenters. The number of halogens is 1. The Labute approximate surface area is 197 Å². The number of likely N-dealkylation sites (tertiary alicyclic amines) is 1. The number of pyridine rings is 1. The van der Waals surface area contributed by atoms with Gasteiger partial charge in [-0.25, -0.2) is 4.39 Å². The third-order valence-corrected chi connectivity index (χ3v) is 6.79. The van der Waals surface area contributed by atoms with Crippen molar-refractivity contribution in [2.75, 3.05) is 24.2 Å². The van der Waals surface area contributed by atoms with Crippen LogP contribution in [-0.2, 0) is 9.59 Å². The Hall–Kier alpha value is -2.94. The number of nitrogens with zero attached hydrogens (tertiary/aromatic N) is 2. The van der Waals surface area contributed by atoms with E-state index in [1.54, 1.807) is 30.5 Å². The monoisotopic (exact) mass is 472 g/mol. The predicted molar refractivity (Wildman–Crippen MR) is 127 cm³/mol. The molecule has 1 aromatic carbocycles. The fourth-order valence-electron chi connectivity index (χ4n) is 3.75. The van der Waals surface area contributed by atoms with Gasteiger partial charge in [0.25, 0.3) is 0 Å². The van der Waals surface area contributed by atoms with Crippen LogP contribution in [0.15, 0.2) is 48.8 Å². The highest BCUT2D eigenvalue weighted by Crippen LogP contribution is 2.26. The summed E-state index contributed by atoms with van der Waals surface area (Å²) < 4.78 is 13.2. The van der Waals surface area contributed by atoms with Crippen LogP contribution >= 0.6 is 11.8 Å². The first kappa shape index (κ1) is 24.7. The molecule has 1 saturated heterocycles. The fourth-order valence-corrected chi connectivity index (χ4v) is 4.99. The Morgan fingerprint density at radius 2 is 1.82 bits per heavy atom. The van der Waals surface area contributed by atoms with Gasteiger partial charge in [0.15, 0.2) is 5.78 Å². The van der Waals surface area contributed by atoms with E-state index in [1.807, 2.05) is 4.90 Å². The molecule has 2 aromatic rings. The van der Waals surface area contributed by atoms with Gasteiger partial charge in [-0.3, -0.25) is 19.4 Å². The van der Waals surface area contributed by atoms with Crippen molar-refractivity contribution in [3.63, 3.8) is 0 Å². The Morgan fingerprint density at radius 1 is 1.09 bits per heavy atom. The number of carbonyl (C=O) groups is 3. The SMILES string of the molecule is NC(=O)CC(Nc1ccc(F)cc1)SCC(CC(=O)N1CCCCC1)C(=O)c1cccnc1. The third kappa shape index (κ3) is 7.85. The normalized spacial score (nSPS) is 15.5. The molecule has 1 aromatic heterocycles. The largest absolute Gasteiger partial charge is 0.373 e. The summed E-state index contributed by atoms with van der Waals surface area (Å²) in [4.78, 5) is 43.6. The number of thioether (sulfide) groups is 1. The van der Waals surface area contributed by atoms with E-state index in [4.69, 9.17) is 5.73 Å². The summed E-state index contributed by atoms with van der Waals surface area (Å²) in [5.41, 5.74) is 6.50. The first-order valence-corrected chi connectivity index (χ1v) is 12.1. The van der Waals surface area contributed by atoms with Gasteiger partial charge in [-0.15, -0.1) is 11.8 Å². The summed E-state index contributed by atoms with van der Waals surface area (Å²) in [6.45, 7) is 1.44. The van der Waals surface area contributed by atoms with Crippen molar-refractivity contribution >= 4 is 35.0 Å². The van der Waals surface area contributed by atoms with Gasteiger partial charge in [0, 0.05) is 54.8 Å². The van der Waals surface area contributed by atoms with Crippen molar-refractivity contribution in [1.29, 1.82) is 0 Å². The minimum atomic E-state index is -0.570. The van der Waals surface area contributed by atoms with Gasteiger partial charge >= 0.3 is 0 Å². The van der Waals surface area contributed by atoms with Gasteiger partial charge in [0.2, 0.25) is 11.8 Å². The molecule has 9 heteroatoms. The van der Waals surface area contributed by atoms with Crippen molar-refractivity contribution in [2.45, 2.75) is 37.5 Å². The number of benzene rings is 1. The van der Waals surface area contributed by atoms with Gasteiger partial charge in [0.1, 0.15) is 5.82 Å². The average Bonchev–Trinajstić information content (AvgIpc) is 2.83. The standard InChI is InChI=1S/C24H29FN4O3S/c25-19-6-8-20(9-7-19)28-22(14-21(26)30)33-16-18(24(32)17-5-4-10-27-15-17)13-23(31)29-11-2-1-3-12-29/h4-10,15,18,22,28H,1-3,11-14,16H2,(H2,26,30). The fraction of sp³-hybridized carbons (Fsp3) is 0.417. The van der Waals surface area contributed by atoms with Crippen molar-refractivity contribution in [1.82, 2.24) is 9.88 Å². The Kier molecular flexibility index (Phi) is 9.24. The first-order chi connectivity index (χ1) is 15.9. The summed E-state index contributed by atoms with van der Waals surface area (Å²) in [5.74, 6) is -1.30. The molecule has 7 nitrogen and oxygen atoms in total. The van der Waals surface area contributed by atoms with Crippen molar-refractivity contribution < 1.29 is 18.8 Å². The number of aromatic nitrogens is 1. The van der Waals surface area contributed by atoms with Crippen LogP contribution in [-0.4, -0.2) is 51.7 Å². The molecule has 2 atom stereocenters. The molecule has 176 valence electrons. The summed E-state index contributed by atoms with van der Waals surface area (Å²) in [5, 5.41) is 2.74. The quantitative estimate of drug-likeness (QED) is 0.383. The number of anilines is 1. The van der Waals surface area contributed by atoms with E-state index in [0.29, 0.717) is 17.0 Å². The molecular formula is C24H29FN4O3S. The van der Waals surface area contributed by atoms with Crippen molar-refractivity contribution in [2.24, 2.45) is 11.7 Å². The highest BCUT2D eigenvalue weighted by molar-refractivity contribution is 8.00. The van der Waals surface area contributed by atoms with Gasteiger partial charge in [0.05, 0.1) is 11.8 Å². The minimum absolute atomic E-state index is 0.0237. The number of nitrogens with one attached hydrogen (secondary N) is 1. The number of amides is 2. The van der Waals surface area contributed by atoms with Crippen LogP contribution in [0.5, 0.6) is 0 Å². The molecule has 0 saturated carbocycles. The maximum absolute atomic E-state index is 13.2. The second-order valence-electron chi connectivity index (χ2n) is 8.09. The van der Waals surface area contributed by atoms with Crippen LogP contribution in [0.2, 0.25) is 0 Å². The number of hydrogen-bond donors (Lipinski definition) is 2. The molecule has 3 N–H and O–H groups in total. The Balaban J connectivity index is 1.71. The number of Topliss-reactive ketones (excluding diaryl/α,β-unsaturated/α-hetero) is 1. The van der Waals surface area contributed by atoms with E-state index in [-0.39, 0.29) is 30.3 Å². The second-order valence-corrected chi connectivity index (χ2v) is 9.33. The smallest absolute Gasteiger partial charge is 0.223 e. The highest BCUT2D eigenvalue weighted by atomic mass is 32.2. The molecule has 2 heterocycles. The summed E-state index contributed by atoms with van der Waals surface area (Å²) in [6, 6.07) is 9.16. The number of carbonyl (C=O) groups excluding carboxylic acids is 3. The van der Waals surface area contributed by atoms with Crippen LogP contribution in [0.3, 0.4) is 0 Å². The molecular weight excluding hydrogens is 443 g/mol. The van der Waals surface area contributed by atoms with Crippen LogP contribution in [0.1, 0.15) is 42.5 Å². The van der Waals surface area contributed by atoms with E-state index in [1.165, 1.54) is 30.1 Å². The maximum Gasteiger partial charge on any atom is 0.223 e. The summed E-state index contributed by atoms with van der Waals surface area (Å²) >= 11 is 1.35. The van der Waals surface area contributed by atoms with Gasteiger partial charge in [-0.05, 0) is 55.7 Å². The zero-order chi connectivity index (χ0) is 23.6. The van der Waals surface area contributed by atoms with Crippen LogP contribution in [0, 0.1) is 11.7 Å². The number of nitrogens with two attached hydrogens (primary N) is 1. The van der Waals surface area contributed by atoms with Crippen LogP contribution in [0.4, 0.5) is 10.1 Å². The molecule has 1 aliphatic rings. The maximum atomic E-state index is 13.2. The van der Waals surface area contributed by atoms with Crippen molar-refractivity contribution in [3.05, 3.63) is 60.2 Å². The zero-order valence-electron chi connectivity index (χ0n) is 18.4. The van der Waals surface area contributed by atoms with Gasteiger partial charge in [-0.2, -0.15) is 0 Å². The molecule has 0 bridgehead atoms. The topological polar surface area (TPSA) is 105 Å². The predicted octanol–water partition coefficient (Wildman–Crippen LogP) is 3.47. The van der Waals surface area contributed by atoms with Crippen molar-refractivity contribution in [3.8, 4) is 0 Å². The molecule has 0 radical (unpaired) electrons. The third-order valence-electron chi connectivity index (χ3n) is 5.50. The number of piperidine rings is 1. The average molecular weight is 473 g/mol. The van der Waals surface area contributed by atoms with E-state index in [2.05, 4.69) is 10.3 Å². The lowest BCUT2D eigenvalue weighted by Crippen LogP contribution is -2.38. The molecule has 1 aliphatic heterocycles. The van der Waals surface area contributed by atoms with Crippen LogP contribution in [0.25, 0.3) is 0 Å². The van der Waals surface area contributed by atoms with E-state index in [0.717, 1.165) is 32.4 Å². The minimum Gasteiger partial charge on any atom is -0.373 e. The Bertz CT molecular complexity index is 936. The molecule has 33 heavy (non-hydrogen) atoms. The first-order valence-electron chi connectivity index (χ1n) is 11.1. The molecule has 0 spiro atoms. The summed E-state index contributed by atoms with van der Waals surface area (Å²) in [6.07, 6.45) is 6.28. The zero-order valence-corrected chi connectivity index (χ0v) is 19.2. The number of hydrogen-bond acceptors (Lipinski definition) is 6. The van der Waals surface area contributed by atoms with E-state index < -0.39 is 17.2 Å². The molecule has 2 amide bonds. The van der Waals surface area contributed by atoms with E-state index >= 15 is 0 Å². The van der Waals surface area contributed by atoms with Gasteiger partial charge < -0.3 is 16.0 Å². The molecule has 3 rings (SSSR count). The lowest BCUT2D eigenvalue weighted by atomic mass is 9.96. The Morgan fingerprint density at radius 3 is 2.45 bits per heavy atom. The van der Waals surface area contributed by atoms with Crippen LogP contribution < -0.4 is 11.1 Å². The lowest BCUT2D eigenvalue weighted by Gasteiger charge is -2.28. The van der Waals surface area contributed by atoms with Gasteiger partial charge in [-0.1, -0.05) is 0 Å². The lowest BCUT2D eigenvalue weighted by molar-refractivity contribution is -0.132. The molecule has 0 aliphatic carbocycles. The second kappa shape index (κ2) is 12.3. The molecule has 1 fully saturated rings. The number of rotatable bonds is 11. The number of ketones is 1. The van der Waals surface area contributed by atoms with E-state index in [9.17, 15) is 18.8 Å². The highest BCUT2D eigenvalue weighted by Gasteiger charge is 2.28. The summed E-state index contributed by atoms with van der Waals surface area (Å²) in [7, 11) is 0.